The van der Waals surface area contributed by atoms with Crippen molar-refractivity contribution in [3.8, 4) is 0 Å². The van der Waals surface area contributed by atoms with Crippen LogP contribution >= 0.6 is 27.5 Å². The van der Waals surface area contributed by atoms with E-state index in [9.17, 15) is 19.2 Å². The molecule has 156 valence electrons. The molecule has 2 N–H and O–H groups in total. The van der Waals surface area contributed by atoms with Crippen LogP contribution in [0, 0.1) is 5.92 Å². The molecular weight excluding hydrogens is 478 g/mol. The zero-order valence-corrected chi connectivity index (χ0v) is 17.9. The standard InChI is InChI=1S/C20H17BrClN3O5/c21-14-7-5-12(6-8-14)19(28)24-23-17(26)11-30-20(29)13-9-18(27)25(10-13)16-4-2-1-3-15(16)22/h1-8,13H,9-11H2,(H,23,26)(H,24,28)/t13-/m0/s1. The molecule has 1 heterocycles. The molecule has 0 radical (unpaired) electrons. The first kappa shape index (κ1) is 21.8. The molecule has 1 atom stereocenters. The predicted molar refractivity (Wildman–Crippen MR) is 113 cm³/mol. The summed E-state index contributed by atoms with van der Waals surface area (Å²) in [7, 11) is 0. The highest BCUT2D eigenvalue weighted by Gasteiger charge is 2.37. The van der Waals surface area contributed by atoms with E-state index in [4.69, 9.17) is 16.3 Å². The van der Waals surface area contributed by atoms with Gasteiger partial charge in [0.25, 0.3) is 11.8 Å². The van der Waals surface area contributed by atoms with Gasteiger partial charge in [0.2, 0.25) is 5.91 Å². The van der Waals surface area contributed by atoms with E-state index < -0.39 is 30.3 Å². The first-order valence-corrected chi connectivity index (χ1v) is 10.1. The molecule has 1 fully saturated rings. The van der Waals surface area contributed by atoms with Crippen LogP contribution < -0.4 is 15.8 Å². The molecule has 10 heteroatoms. The SMILES string of the molecule is O=C(COC(=O)[C@H]1CC(=O)N(c2ccccc2Cl)C1)NNC(=O)c1ccc(Br)cc1. The Labute approximate surface area is 185 Å². The monoisotopic (exact) mass is 493 g/mol. The van der Waals surface area contributed by atoms with Crippen molar-refractivity contribution in [1.29, 1.82) is 0 Å². The van der Waals surface area contributed by atoms with E-state index in [1.807, 2.05) is 0 Å². The summed E-state index contributed by atoms with van der Waals surface area (Å²) in [6.07, 6.45) is -0.0357. The van der Waals surface area contributed by atoms with Crippen molar-refractivity contribution in [3.63, 3.8) is 0 Å². The quantitative estimate of drug-likeness (QED) is 0.491. The van der Waals surface area contributed by atoms with Crippen molar-refractivity contribution in [2.75, 3.05) is 18.1 Å². The van der Waals surface area contributed by atoms with E-state index in [0.29, 0.717) is 16.3 Å². The third kappa shape index (κ3) is 5.37. The molecule has 2 aromatic carbocycles. The van der Waals surface area contributed by atoms with Gasteiger partial charge in [-0.05, 0) is 36.4 Å². The number of halogens is 2. The lowest BCUT2D eigenvalue weighted by molar-refractivity contribution is -0.152. The van der Waals surface area contributed by atoms with Gasteiger partial charge in [0.15, 0.2) is 6.61 Å². The van der Waals surface area contributed by atoms with Gasteiger partial charge in [0.05, 0.1) is 16.6 Å². The molecule has 3 rings (SSSR count). The number of amides is 3. The number of carbonyl (C=O) groups excluding carboxylic acids is 4. The second-order valence-corrected chi connectivity index (χ2v) is 7.80. The Morgan fingerprint density at radius 1 is 1.10 bits per heavy atom. The lowest BCUT2D eigenvalue weighted by Gasteiger charge is -2.17. The maximum absolute atomic E-state index is 12.2. The normalized spacial score (nSPS) is 15.6. The highest BCUT2D eigenvalue weighted by Crippen LogP contribution is 2.31. The fourth-order valence-electron chi connectivity index (χ4n) is 2.86. The molecule has 30 heavy (non-hydrogen) atoms. The number of rotatable bonds is 5. The van der Waals surface area contributed by atoms with Crippen LogP contribution in [0.15, 0.2) is 53.0 Å². The molecule has 1 saturated heterocycles. The van der Waals surface area contributed by atoms with Gasteiger partial charge in [0.1, 0.15) is 0 Å². The average molecular weight is 495 g/mol. The summed E-state index contributed by atoms with van der Waals surface area (Å²) in [5, 5.41) is 0.403. The smallest absolute Gasteiger partial charge is 0.311 e. The second kappa shape index (κ2) is 9.73. The number of hydrogen-bond donors (Lipinski definition) is 2. The van der Waals surface area contributed by atoms with E-state index in [1.54, 1.807) is 48.5 Å². The number of hydrazine groups is 1. The van der Waals surface area contributed by atoms with Crippen molar-refractivity contribution < 1.29 is 23.9 Å². The first-order valence-electron chi connectivity index (χ1n) is 8.91. The molecule has 3 amide bonds. The van der Waals surface area contributed by atoms with E-state index >= 15 is 0 Å². The molecule has 0 spiro atoms. The molecule has 1 aliphatic rings. The number of hydrogen-bond acceptors (Lipinski definition) is 5. The number of nitrogens with zero attached hydrogens (tertiary/aromatic N) is 1. The van der Waals surface area contributed by atoms with Crippen LogP contribution in [0.4, 0.5) is 5.69 Å². The molecule has 0 unspecified atom stereocenters. The van der Waals surface area contributed by atoms with Gasteiger partial charge in [-0.2, -0.15) is 0 Å². The summed E-state index contributed by atoms with van der Waals surface area (Å²) in [5.74, 6) is -2.86. The van der Waals surface area contributed by atoms with Crippen molar-refractivity contribution >= 4 is 56.9 Å². The summed E-state index contributed by atoms with van der Waals surface area (Å²) < 4.78 is 5.80. The van der Waals surface area contributed by atoms with Gasteiger partial charge in [-0.3, -0.25) is 30.0 Å². The molecular formula is C20H17BrClN3O5. The largest absolute Gasteiger partial charge is 0.455 e. The lowest BCUT2D eigenvalue weighted by atomic mass is 10.1. The van der Waals surface area contributed by atoms with Gasteiger partial charge in [0, 0.05) is 23.0 Å². The average Bonchev–Trinajstić information content (AvgIpc) is 3.12. The summed E-state index contributed by atoms with van der Waals surface area (Å²) >= 11 is 9.37. The van der Waals surface area contributed by atoms with Crippen LogP contribution in [0.5, 0.6) is 0 Å². The zero-order chi connectivity index (χ0) is 21.7. The fourth-order valence-corrected chi connectivity index (χ4v) is 3.36. The maximum atomic E-state index is 12.2. The Morgan fingerprint density at radius 3 is 2.50 bits per heavy atom. The number of ether oxygens (including phenoxy) is 1. The number of anilines is 1. The van der Waals surface area contributed by atoms with Crippen molar-refractivity contribution in [2.45, 2.75) is 6.42 Å². The van der Waals surface area contributed by atoms with Crippen LogP contribution in [0.3, 0.4) is 0 Å². The minimum Gasteiger partial charge on any atom is -0.455 e. The van der Waals surface area contributed by atoms with Crippen LogP contribution in [0.25, 0.3) is 0 Å². The third-order valence-electron chi connectivity index (χ3n) is 4.37. The van der Waals surface area contributed by atoms with Crippen molar-refractivity contribution in [2.24, 2.45) is 5.92 Å². The Kier molecular flexibility index (Phi) is 7.07. The van der Waals surface area contributed by atoms with Crippen LogP contribution in [0.2, 0.25) is 5.02 Å². The Bertz CT molecular complexity index is 983. The van der Waals surface area contributed by atoms with E-state index in [-0.39, 0.29) is 18.9 Å². The van der Waals surface area contributed by atoms with Crippen LogP contribution in [0.1, 0.15) is 16.8 Å². The fraction of sp³-hybridized carbons (Fsp3) is 0.200. The van der Waals surface area contributed by atoms with Gasteiger partial charge in [-0.15, -0.1) is 0 Å². The van der Waals surface area contributed by atoms with Gasteiger partial charge in [-0.1, -0.05) is 39.7 Å². The van der Waals surface area contributed by atoms with Crippen molar-refractivity contribution in [1.82, 2.24) is 10.9 Å². The van der Waals surface area contributed by atoms with Gasteiger partial charge < -0.3 is 9.64 Å². The summed E-state index contributed by atoms with van der Waals surface area (Å²) in [6.45, 7) is -0.473. The minimum atomic E-state index is -0.709. The molecule has 0 aliphatic carbocycles. The number of para-hydroxylation sites is 1. The highest BCUT2D eigenvalue weighted by molar-refractivity contribution is 9.10. The summed E-state index contributed by atoms with van der Waals surface area (Å²) in [5.41, 5.74) is 5.27. The summed E-state index contributed by atoms with van der Waals surface area (Å²) in [6, 6.07) is 13.4. The first-order chi connectivity index (χ1) is 14.3. The van der Waals surface area contributed by atoms with Crippen LogP contribution in [-0.2, 0) is 19.1 Å². The van der Waals surface area contributed by atoms with Gasteiger partial charge in [-0.25, -0.2) is 0 Å². The topological polar surface area (TPSA) is 105 Å². The van der Waals surface area contributed by atoms with Gasteiger partial charge >= 0.3 is 5.97 Å². The number of esters is 1. The Morgan fingerprint density at radius 2 is 1.80 bits per heavy atom. The Balaban J connectivity index is 1.45. The molecule has 2 aromatic rings. The maximum Gasteiger partial charge on any atom is 0.311 e. The lowest BCUT2D eigenvalue weighted by Crippen LogP contribution is -2.43. The summed E-state index contributed by atoms with van der Waals surface area (Å²) in [4.78, 5) is 49.7. The third-order valence-corrected chi connectivity index (χ3v) is 5.22. The van der Waals surface area contributed by atoms with Crippen molar-refractivity contribution in [3.05, 3.63) is 63.6 Å². The van der Waals surface area contributed by atoms with E-state index in [2.05, 4.69) is 26.8 Å². The Hall–Kier alpha value is -2.91. The number of benzene rings is 2. The predicted octanol–water partition coefficient (Wildman–Crippen LogP) is 2.46. The molecule has 1 aliphatic heterocycles. The molecule has 0 aromatic heterocycles. The van der Waals surface area contributed by atoms with E-state index in [1.165, 1.54) is 4.90 Å². The molecule has 8 nitrogen and oxygen atoms in total. The number of carbonyl (C=O) groups is 4. The minimum absolute atomic E-state index is 0.0357. The van der Waals surface area contributed by atoms with Crippen LogP contribution in [-0.4, -0.2) is 36.8 Å². The highest BCUT2D eigenvalue weighted by atomic mass is 79.9. The number of nitrogens with one attached hydrogen (secondary N) is 2. The van der Waals surface area contributed by atoms with E-state index in [0.717, 1.165) is 4.47 Å². The molecule has 0 bridgehead atoms. The molecule has 0 saturated carbocycles. The zero-order valence-electron chi connectivity index (χ0n) is 15.6. The second-order valence-electron chi connectivity index (χ2n) is 6.47.